The minimum Gasteiger partial charge on any atom is -0.494 e. The highest BCUT2D eigenvalue weighted by Gasteiger charge is 2.24. The lowest BCUT2D eigenvalue weighted by Crippen LogP contribution is -2.14. The van der Waals surface area contributed by atoms with Crippen LogP contribution in [-0.2, 0) is 10.0 Å². The van der Waals surface area contributed by atoms with Gasteiger partial charge < -0.3 is 4.74 Å². The largest absolute Gasteiger partial charge is 0.494 e. The molecule has 2 aromatic carbocycles. The molecule has 0 heterocycles. The zero-order valence-electron chi connectivity index (χ0n) is 11.9. The van der Waals surface area contributed by atoms with Crippen LogP contribution in [0.1, 0.15) is 0 Å². The number of benzene rings is 2. The van der Waals surface area contributed by atoms with E-state index in [-0.39, 0.29) is 26.4 Å². The first-order valence-electron chi connectivity index (χ1n) is 6.15. The van der Waals surface area contributed by atoms with E-state index in [0.29, 0.717) is 4.47 Å². The van der Waals surface area contributed by atoms with Crippen molar-refractivity contribution in [3.8, 4) is 5.75 Å². The summed E-state index contributed by atoms with van der Waals surface area (Å²) in [5, 5.41) is 11.0. The van der Waals surface area contributed by atoms with Crippen molar-refractivity contribution in [1.82, 2.24) is 0 Å². The highest BCUT2D eigenvalue weighted by atomic mass is 79.9. The van der Waals surface area contributed by atoms with Crippen LogP contribution in [0.25, 0.3) is 0 Å². The third kappa shape index (κ3) is 3.92. The lowest BCUT2D eigenvalue weighted by molar-refractivity contribution is -0.384. The number of nitro benzene ring substituents is 1. The van der Waals surface area contributed by atoms with Gasteiger partial charge in [-0.25, -0.2) is 8.42 Å². The minimum atomic E-state index is -4.11. The van der Waals surface area contributed by atoms with Crippen molar-refractivity contribution in [3.05, 3.63) is 55.0 Å². The zero-order valence-corrected chi connectivity index (χ0v) is 15.8. The molecule has 0 aromatic heterocycles. The van der Waals surface area contributed by atoms with Gasteiger partial charge in [0, 0.05) is 11.1 Å². The molecule has 0 saturated carbocycles. The summed E-state index contributed by atoms with van der Waals surface area (Å²) < 4.78 is 32.8. The number of nitrogens with one attached hydrogen (secondary N) is 1. The summed E-state index contributed by atoms with van der Waals surface area (Å²) in [6, 6.07) is 6.23. The quantitative estimate of drug-likeness (QED) is 0.529. The van der Waals surface area contributed by atoms with Crippen LogP contribution in [0.2, 0.25) is 10.0 Å². The van der Waals surface area contributed by atoms with E-state index < -0.39 is 20.6 Å². The molecular weight excluding hydrogens is 447 g/mol. The van der Waals surface area contributed by atoms with Gasteiger partial charge in [0.05, 0.1) is 22.2 Å². The number of hydrogen-bond acceptors (Lipinski definition) is 5. The minimum absolute atomic E-state index is 0.0238. The Morgan fingerprint density at radius 1 is 1.25 bits per heavy atom. The molecule has 0 bridgehead atoms. The molecule has 1 N–H and O–H groups in total. The molecule has 0 radical (unpaired) electrons. The van der Waals surface area contributed by atoms with Crippen LogP contribution in [0, 0.1) is 10.1 Å². The fourth-order valence-electron chi connectivity index (χ4n) is 1.86. The van der Waals surface area contributed by atoms with Crippen LogP contribution < -0.4 is 9.46 Å². The van der Waals surface area contributed by atoms with Crippen molar-refractivity contribution in [2.75, 3.05) is 11.8 Å². The van der Waals surface area contributed by atoms with Crippen molar-refractivity contribution >= 4 is 60.5 Å². The Bertz CT molecular complexity index is 921. The van der Waals surface area contributed by atoms with Crippen LogP contribution in [0.15, 0.2) is 39.7 Å². The van der Waals surface area contributed by atoms with Gasteiger partial charge in [-0.05, 0) is 40.2 Å². The molecule has 0 fully saturated rings. The summed E-state index contributed by atoms with van der Waals surface area (Å²) in [6.07, 6.45) is 0. The normalized spacial score (nSPS) is 11.2. The molecule has 128 valence electrons. The first-order chi connectivity index (χ1) is 11.2. The molecule has 0 amide bonds. The van der Waals surface area contributed by atoms with E-state index in [1.807, 2.05) is 0 Å². The van der Waals surface area contributed by atoms with Crippen LogP contribution in [0.4, 0.5) is 11.4 Å². The van der Waals surface area contributed by atoms with Gasteiger partial charge in [0.15, 0.2) is 5.75 Å². The van der Waals surface area contributed by atoms with E-state index in [4.69, 9.17) is 27.9 Å². The second-order valence-corrected chi connectivity index (χ2v) is 7.80. The Labute approximate surface area is 155 Å². The van der Waals surface area contributed by atoms with E-state index in [9.17, 15) is 18.5 Å². The Kier molecular flexibility index (Phi) is 5.59. The number of ether oxygens (including phenoxy) is 1. The van der Waals surface area contributed by atoms with Crippen LogP contribution in [0.5, 0.6) is 5.75 Å². The van der Waals surface area contributed by atoms with Gasteiger partial charge in [-0.3, -0.25) is 14.8 Å². The maximum atomic E-state index is 12.6. The van der Waals surface area contributed by atoms with Crippen LogP contribution >= 0.6 is 39.1 Å². The maximum absolute atomic E-state index is 12.6. The summed E-state index contributed by atoms with van der Waals surface area (Å²) in [5.74, 6) is 0.0513. The number of nitro groups is 1. The number of sulfonamides is 1. The Balaban J connectivity index is 2.50. The molecule has 0 unspecified atom stereocenters. The summed E-state index contributed by atoms with van der Waals surface area (Å²) in [5.41, 5.74) is -0.444. The van der Waals surface area contributed by atoms with Crippen LogP contribution in [-0.4, -0.2) is 20.5 Å². The predicted molar refractivity (Wildman–Crippen MR) is 94.6 cm³/mol. The lowest BCUT2D eigenvalue weighted by Gasteiger charge is -2.13. The molecule has 0 aliphatic rings. The topological polar surface area (TPSA) is 98.5 Å². The molecule has 11 heteroatoms. The highest BCUT2D eigenvalue weighted by molar-refractivity contribution is 9.10. The van der Waals surface area contributed by atoms with Crippen molar-refractivity contribution in [2.24, 2.45) is 0 Å². The molecule has 24 heavy (non-hydrogen) atoms. The maximum Gasteiger partial charge on any atom is 0.289 e. The number of hydrogen-bond donors (Lipinski definition) is 1. The van der Waals surface area contributed by atoms with E-state index in [2.05, 4.69) is 20.7 Å². The second-order valence-electron chi connectivity index (χ2n) is 4.45. The molecule has 0 aliphatic heterocycles. The van der Waals surface area contributed by atoms with E-state index in [0.717, 1.165) is 6.07 Å². The summed E-state index contributed by atoms with van der Waals surface area (Å²) in [4.78, 5) is 9.97. The summed E-state index contributed by atoms with van der Waals surface area (Å²) >= 11 is 14.8. The predicted octanol–water partition coefficient (Wildman–Crippen LogP) is 4.47. The smallest absolute Gasteiger partial charge is 0.289 e. The van der Waals surface area contributed by atoms with Gasteiger partial charge in [-0.1, -0.05) is 23.2 Å². The molecule has 7 nitrogen and oxygen atoms in total. The molecular formula is C13H9BrCl2N2O5S. The number of nitrogens with zero attached hydrogens (tertiary/aromatic N) is 1. The van der Waals surface area contributed by atoms with E-state index >= 15 is 0 Å². The molecule has 2 aromatic rings. The Morgan fingerprint density at radius 2 is 1.92 bits per heavy atom. The van der Waals surface area contributed by atoms with Crippen LogP contribution in [0.3, 0.4) is 0 Å². The molecule has 0 aliphatic carbocycles. The Hall–Kier alpha value is -1.55. The van der Waals surface area contributed by atoms with Gasteiger partial charge in [-0.15, -0.1) is 0 Å². The first kappa shape index (κ1) is 18.8. The number of halogens is 3. The van der Waals surface area contributed by atoms with Gasteiger partial charge in [0.1, 0.15) is 9.92 Å². The number of rotatable bonds is 5. The van der Waals surface area contributed by atoms with Crippen molar-refractivity contribution < 1.29 is 18.1 Å². The highest BCUT2D eigenvalue weighted by Crippen LogP contribution is 2.36. The lowest BCUT2D eigenvalue weighted by atomic mass is 10.3. The van der Waals surface area contributed by atoms with Gasteiger partial charge in [0.2, 0.25) is 0 Å². The van der Waals surface area contributed by atoms with Crippen molar-refractivity contribution in [2.45, 2.75) is 4.90 Å². The fraction of sp³-hybridized carbons (Fsp3) is 0.0769. The Morgan fingerprint density at radius 3 is 2.50 bits per heavy atom. The van der Waals surface area contributed by atoms with E-state index in [1.165, 1.54) is 31.4 Å². The third-order valence-corrected chi connectivity index (χ3v) is 5.38. The SMILES string of the molecule is COc1c(Br)cc(Cl)cc1S(=O)(=O)Nc1ccc(Cl)c([N+](=O)[O-])c1. The number of anilines is 1. The summed E-state index contributed by atoms with van der Waals surface area (Å²) in [7, 11) is -2.81. The standard InChI is InChI=1S/C13H9BrCl2N2O5S/c1-23-13-9(14)4-7(15)5-12(13)24(21,22)17-8-2-3-10(16)11(6-8)18(19)20/h2-6,17H,1H3. The summed E-state index contributed by atoms with van der Waals surface area (Å²) in [6.45, 7) is 0. The molecule has 0 spiro atoms. The number of methoxy groups -OCH3 is 1. The van der Waals surface area contributed by atoms with Gasteiger partial charge in [0.25, 0.3) is 15.7 Å². The average Bonchev–Trinajstić information content (AvgIpc) is 2.48. The zero-order chi connectivity index (χ0) is 18.1. The first-order valence-corrected chi connectivity index (χ1v) is 9.18. The van der Waals surface area contributed by atoms with Crippen molar-refractivity contribution in [3.63, 3.8) is 0 Å². The second kappa shape index (κ2) is 7.14. The molecule has 2 rings (SSSR count). The van der Waals surface area contributed by atoms with E-state index in [1.54, 1.807) is 0 Å². The third-order valence-electron chi connectivity index (χ3n) is 2.86. The molecule has 0 atom stereocenters. The average molecular weight is 456 g/mol. The van der Waals surface area contributed by atoms with Crippen molar-refractivity contribution in [1.29, 1.82) is 0 Å². The fourth-order valence-corrected chi connectivity index (χ4v) is 4.48. The monoisotopic (exact) mass is 454 g/mol. The van der Waals surface area contributed by atoms with Gasteiger partial charge in [-0.2, -0.15) is 0 Å². The van der Waals surface area contributed by atoms with Gasteiger partial charge >= 0.3 is 0 Å². The molecule has 0 saturated heterocycles.